The molecule has 20 heavy (non-hydrogen) atoms. The number of urea groups is 1. The van der Waals surface area contributed by atoms with Crippen LogP contribution in [0.5, 0.6) is 0 Å². The maximum absolute atomic E-state index is 11.8. The van der Waals surface area contributed by atoms with Gasteiger partial charge in [0.05, 0.1) is 6.54 Å². The smallest absolute Gasteiger partial charge is 0.272 e. The maximum atomic E-state index is 11.8. The molecule has 0 saturated carbocycles. The number of rotatable bonds is 5. The molecule has 0 aliphatic carbocycles. The van der Waals surface area contributed by atoms with E-state index in [1.165, 1.54) is 0 Å². The van der Waals surface area contributed by atoms with Crippen LogP contribution in [0.3, 0.4) is 0 Å². The molecule has 2 rings (SSSR count). The lowest BCUT2D eigenvalue weighted by atomic mass is 10.2. The summed E-state index contributed by atoms with van der Waals surface area (Å²) in [6.07, 6.45) is 0. The van der Waals surface area contributed by atoms with E-state index in [1.807, 2.05) is 60.7 Å². The van der Waals surface area contributed by atoms with E-state index in [2.05, 4.69) is 10.9 Å². The van der Waals surface area contributed by atoms with Gasteiger partial charge < -0.3 is 0 Å². The average molecular weight is 270 g/mol. The number of carbonyl (C=O) groups is 1. The Hall–Kier alpha value is -2.37. The number of hydrogen-bond acceptors (Lipinski definition) is 3. The zero-order valence-electron chi connectivity index (χ0n) is 11.1. The predicted molar refractivity (Wildman–Crippen MR) is 78.0 cm³/mol. The van der Waals surface area contributed by atoms with E-state index in [9.17, 15) is 4.79 Å². The Kier molecular flexibility index (Phi) is 5.11. The van der Waals surface area contributed by atoms with Crippen molar-refractivity contribution in [3.63, 3.8) is 0 Å². The number of hydrogen-bond donors (Lipinski definition) is 3. The summed E-state index contributed by atoms with van der Waals surface area (Å²) in [7, 11) is 0. The van der Waals surface area contributed by atoms with Gasteiger partial charge in [-0.3, -0.25) is 10.4 Å². The molecule has 0 spiro atoms. The summed E-state index contributed by atoms with van der Waals surface area (Å²) in [6.45, 7) is 0.908. The van der Waals surface area contributed by atoms with Crippen LogP contribution in [-0.2, 0) is 13.1 Å². The number of nitrogens with two attached hydrogens (primary N) is 1. The van der Waals surface area contributed by atoms with E-state index in [0.29, 0.717) is 13.1 Å². The molecule has 0 aliphatic heterocycles. The molecule has 0 heterocycles. The molecule has 0 unspecified atom stereocenters. The number of nitrogens with zero attached hydrogens (tertiary/aromatic N) is 1. The Balaban J connectivity index is 1.74. The second-order valence-corrected chi connectivity index (χ2v) is 4.38. The van der Waals surface area contributed by atoms with E-state index in [-0.39, 0.29) is 6.03 Å². The van der Waals surface area contributed by atoms with Gasteiger partial charge in [0, 0.05) is 6.54 Å². The van der Waals surface area contributed by atoms with Gasteiger partial charge in [0.1, 0.15) is 0 Å². The van der Waals surface area contributed by atoms with Gasteiger partial charge in [-0.05, 0) is 11.1 Å². The van der Waals surface area contributed by atoms with Crippen LogP contribution in [0.4, 0.5) is 4.79 Å². The van der Waals surface area contributed by atoms with E-state index in [4.69, 9.17) is 5.84 Å². The summed E-state index contributed by atoms with van der Waals surface area (Å²) >= 11 is 0. The van der Waals surface area contributed by atoms with E-state index < -0.39 is 0 Å². The maximum Gasteiger partial charge on any atom is 0.346 e. The molecule has 2 aromatic rings. The highest BCUT2D eigenvalue weighted by Crippen LogP contribution is 2.01. The fourth-order valence-corrected chi connectivity index (χ4v) is 1.74. The number of nitrogens with one attached hydrogen (secondary N) is 2. The molecule has 2 aromatic carbocycles. The molecule has 104 valence electrons. The van der Waals surface area contributed by atoms with Gasteiger partial charge in [0.2, 0.25) is 0 Å². The van der Waals surface area contributed by atoms with Crippen LogP contribution >= 0.6 is 0 Å². The van der Waals surface area contributed by atoms with Crippen molar-refractivity contribution in [3.8, 4) is 0 Å². The van der Waals surface area contributed by atoms with Crippen molar-refractivity contribution in [3.05, 3.63) is 71.8 Å². The summed E-state index contributed by atoms with van der Waals surface area (Å²) in [4.78, 5) is 11.8. The van der Waals surface area contributed by atoms with Crippen molar-refractivity contribution in [2.24, 2.45) is 5.84 Å². The summed E-state index contributed by atoms with van der Waals surface area (Å²) in [5.41, 5.74) is 7.47. The average Bonchev–Trinajstić information content (AvgIpc) is 2.49. The quantitative estimate of drug-likeness (QED) is 0.440. The van der Waals surface area contributed by atoms with Gasteiger partial charge in [0.25, 0.3) is 0 Å². The summed E-state index contributed by atoms with van der Waals surface area (Å²) < 4.78 is 0. The molecule has 0 saturated heterocycles. The first kappa shape index (κ1) is 14.0. The minimum Gasteiger partial charge on any atom is -0.272 e. The zero-order chi connectivity index (χ0) is 14.2. The minimum absolute atomic E-state index is 0.361. The van der Waals surface area contributed by atoms with Gasteiger partial charge in [-0.15, -0.1) is 0 Å². The Bertz CT molecular complexity index is 530. The number of amides is 2. The van der Waals surface area contributed by atoms with Crippen LogP contribution < -0.4 is 16.7 Å². The zero-order valence-corrected chi connectivity index (χ0v) is 11.1. The summed E-state index contributed by atoms with van der Waals surface area (Å²) in [5.74, 6) is 5.71. The van der Waals surface area contributed by atoms with Gasteiger partial charge in [-0.1, -0.05) is 60.7 Å². The number of benzene rings is 2. The topological polar surface area (TPSA) is 70.4 Å². The van der Waals surface area contributed by atoms with Crippen molar-refractivity contribution in [1.82, 2.24) is 15.9 Å². The minimum atomic E-state index is -0.371. The lowest BCUT2D eigenvalue weighted by Crippen LogP contribution is -2.49. The largest absolute Gasteiger partial charge is 0.346 e. The first-order valence-corrected chi connectivity index (χ1v) is 6.38. The second kappa shape index (κ2) is 7.28. The number of carbonyl (C=O) groups excluding carboxylic acids is 1. The van der Waals surface area contributed by atoms with E-state index in [0.717, 1.165) is 16.1 Å². The van der Waals surface area contributed by atoms with Crippen molar-refractivity contribution in [2.45, 2.75) is 13.1 Å². The van der Waals surface area contributed by atoms with Crippen molar-refractivity contribution in [2.75, 3.05) is 0 Å². The molecule has 2 amide bonds. The molecule has 5 heteroatoms. The van der Waals surface area contributed by atoms with Gasteiger partial charge >= 0.3 is 6.03 Å². The third-order valence-electron chi connectivity index (χ3n) is 2.79. The van der Waals surface area contributed by atoms with Crippen LogP contribution in [0.2, 0.25) is 0 Å². The van der Waals surface area contributed by atoms with Crippen LogP contribution in [0.1, 0.15) is 11.1 Å². The van der Waals surface area contributed by atoms with Crippen LogP contribution in [0.25, 0.3) is 0 Å². The summed E-state index contributed by atoms with van der Waals surface area (Å²) in [5, 5.41) is 1.13. The third kappa shape index (κ3) is 4.38. The highest BCUT2D eigenvalue weighted by Gasteiger charge is 2.08. The summed E-state index contributed by atoms with van der Waals surface area (Å²) in [6, 6.07) is 19.0. The van der Waals surface area contributed by atoms with Crippen LogP contribution in [0, 0.1) is 0 Å². The Morgan fingerprint density at radius 2 is 1.50 bits per heavy atom. The molecule has 0 radical (unpaired) electrons. The SMILES string of the molecule is NN(Cc1ccccc1)C(=O)NNCc1ccccc1. The molecule has 0 fully saturated rings. The molecule has 0 atom stereocenters. The predicted octanol–water partition coefficient (Wildman–Crippen LogP) is 1.78. The van der Waals surface area contributed by atoms with E-state index in [1.54, 1.807) is 0 Å². The Labute approximate surface area is 118 Å². The Morgan fingerprint density at radius 3 is 2.10 bits per heavy atom. The standard InChI is InChI=1S/C15H18N4O/c16-19(12-14-9-5-2-6-10-14)15(20)18-17-11-13-7-3-1-4-8-13/h1-10,17H,11-12,16H2,(H,18,20). The van der Waals surface area contributed by atoms with Gasteiger partial charge in [-0.25, -0.2) is 16.1 Å². The first-order valence-electron chi connectivity index (χ1n) is 6.38. The van der Waals surface area contributed by atoms with Gasteiger partial charge in [-0.2, -0.15) is 0 Å². The lowest BCUT2D eigenvalue weighted by molar-refractivity contribution is 0.191. The molecule has 0 bridgehead atoms. The first-order chi connectivity index (χ1) is 9.75. The molecule has 0 aromatic heterocycles. The van der Waals surface area contributed by atoms with E-state index >= 15 is 0 Å². The normalized spacial score (nSPS) is 10.1. The highest BCUT2D eigenvalue weighted by molar-refractivity contribution is 5.72. The van der Waals surface area contributed by atoms with Crippen molar-refractivity contribution >= 4 is 6.03 Å². The molecular weight excluding hydrogens is 252 g/mol. The fraction of sp³-hybridized carbons (Fsp3) is 0.133. The second-order valence-electron chi connectivity index (χ2n) is 4.38. The monoisotopic (exact) mass is 270 g/mol. The molecule has 4 N–H and O–H groups in total. The molecular formula is C15H18N4O. The van der Waals surface area contributed by atoms with Crippen molar-refractivity contribution < 1.29 is 4.79 Å². The molecule has 0 aliphatic rings. The lowest BCUT2D eigenvalue weighted by Gasteiger charge is -2.17. The number of hydrazine groups is 2. The molecule has 5 nitrogen and oxygen atoms in total. The third-order valence-corrected chi connectivity index (χ3v) is 2.79. The highest BCUT2D eigenvalue weighted by atomic mass is 16.2. The van der Waals surface area contributed by atoms with Crippen LogP contribution in [-0.4, -0.2) is 11.0 Å². The van der Waals surface area contributed by atoms with Gasteiger partial charge in [0.15, 0.2) is 0 Å². The Morgan fingerprint density at radius 1 is 0.950 bits per heavy atom. The van der Waals surface area contributed by atoms with Crippen LogP contribution in [0.15, 0.2) is 60.7 Å². The van der Waals surface area contributed by atoms with Crippen molar-refractivity contribution in [1.29, 1.82) is 0 Å². The fourth-order valence-electron chi connectivity index (χ4n) is 1.74.